The van der Waals surface area contributed by atoms with Crippen LogP contribution in [0.4, 0.5) is 0 Å². The van der Waals surface area contributed by atoms with Gasteiger partial charge in [-0.2, -0.15) is 0 Å². The SMILES string of the molecule is CC1CCCC1C(=O)N1CC(O)CC1C(=O)O. The fraction of sp³-hybridized carbons (Fsp3) is 0.833. The molecule has 96 valence electrons. The lowest BCUT2D eigenvalue weighted by Crippen LogP contribution is -2.44. The molecule has 1 amide bonds. The van der Waals surface area contributed by atoms with Crippen molar-refractivity contribution in [3.63, 3.8) is 0 Å². The summed E-state index contributed by atoms with van der Waals surface area (Å²) in [5.41, 5.74) is 0. The first-order chi connectivity index (χ1) is 8.00. The van der Waals surface area contributed by atoms with E-state index in [9.17, 15) is 14.7 Å². The predicted octanol–water partition coefficient (Wildman–Crippen LogP) is 0.469. The minimum Gasteiger partial charge on any atom is -0.480 e. The molecule has 1 saturated heterocycles. The summed E-state index contributed by atoms with van der Waals surface area (Å²) in [5.74, 6) is -0.823. The van der Waals surface area contributed by atoms with Crippen LogP contribution in [0.15, 0.2) is 0 Å². The molecule has 0 bridgehead atoms. The molecular formula is C12H19NO4. The molecule has 0 spiro atoms. The number of hydrogen-bond donors (Lipinski definition) is 2. The third kappa shape index (κ3) is 2.29. The number of carbonyl (C=O) groups excluding carboxylic acids is 1. The zero-order valence-electron chi connectivity index (χ0n) is 10.0. The predicted molar refractivity (Wildman–Crippen MR) is 60.3 cm³/mol. The lowest BCUT2D eigenvalue weighted by molar-refractivity contribution is -0.150. The Hall–Kier alpha value is -1.10. The Morgan fingerprint density at radius 1 is 1.29 bits per heavy atom. The fourth-order valence-corrected chi connectivity index (χ4v) is 3.02. The Balaban J connectivity index is 2.10. The molecule has 1 aliphatic heterocycles. The number of aliphatic carboxylic acids is 1. The van der Waals surface area contributed by atoms with Crippen molar-refractivity contribution in [2.24, 2.45) is 11.8 Å². The average Bonchev–Trinajstić information content (AvgIpc) is 2.83. The summed E-state index contributed by atoms with van der Waals surface area (Å²) < 4.78 is 0. The number of β-amino-alcohol motifs (C(OH)–C–C–N with tert-alkyl or cyclic N) is 1. The largest absolute Gasteiger partial charge is 0.480 e. The molecule has 2 N–H and O–H groups in total. The Morgan fingerprint density at radius 3 is 2.53 bits per heavy atom. The number of nitrogens with zero attached hydrogens (tertiary/aromatic N) is 1. The van der Waals surface area contributed by atoms with Gasteiger partial charge in [0.15, 0.2) is 0 Å². The highest BCUT2D eigenvalue weighted by atomic mass is 16.4. The van der Waals surface area contributed by atoms with Gasteiger partial charge in [0.25, 0.3) is 0 Å². The number of likely N-dealkylation sites (tertiary alicyclic amines) is 1. The number of amides is 1. The molecule has 17 heavy (non-hydrogen) atoms. The minimum absolute atomic E-state index is 0.0536. The van der Waals surface area contributed by atoms with Crippen LogP contribution >= 0.6 is 0 Å². The Labute approximate surface area is 100 Å². The van der Waals surface area contributed by atoms with Gasteiger partial charge < -0.3 is 15.1 Å². The number of rotatable bonds is 2. The van der Waals surface area contributed by atoms with E-state index < -0.39 is 18.1 Å². The monoisotopic (exact) mass is 241 g/mol. The third-order valence-corrected chi connectivity index (χ3v) is 4.03. The van der Waals surface area contributed by atoms with Gasteiger partial charge >= 0.3 is 5.97 Å². The zero-order chi connectivity index (χ0) is 12.6. The molecule has 5 heteroatoms. The normalized spacial score (nSPS) is 37.4. The molecule has 1 saturated carbocycles. The van der Waals surface area contributed by atoms with Crippen molar-refractivity contribution in [2.75, 3.05) is 6.54 Å². The van der Waals surface area contributed by atoms with Crippen molar-refractivity contribution in [2.45, 2.75) is 44.8 Å². The van der Waals surface area contributed by atoms with Crippen LogP contribution in [0.5, 0.6) is 0 Å². The van der Waals surface area contributed by atoms with Crippen molar-refractivity contribution in [3.05, 3.63) is 0 Å². The van der Waals surface area contributed by atoms with E-state index in [1.165, 1.54) is 4.90 Å². The lowest BCUT2D eigenvalue weighted by Gasteiger charge is -2.26. The van der Waals surface area contributed by atoms with E-state index >= 15 is 0 Å². The molecule has 1 aliphatic carbocycles. The van der Waals surface area contributed by atoms with Crippen molar-refractivity contribution < 1.29 is 19.8 Å². The second kappa shape index (κ2) is 4.64. The van der Waals surface area contributed by atoms with Crippen molar-refractivity contribution in [3.8, 4) is 0 Å². The molecular weight excluding hydrogens is 222 g/mol. The molecule has 2 rings (SSSR count). The van der Waals surface area contributed by atoms with E-state index in [2.05, 4.69) is 0 Å². The maximum absolute atomic E-state index is 12.3. The first kappa shape index (κ1) is 12.4. The molecule has 1 heterocycles. The van der Waals surface area contributed by atoms with Gasteiger partial charge in [0.05, 0.1) is 6.10 Å². The van der Waals surface area contributed by atoms with Crippen LogP contribution in [-0.4, -0.2) is 45.7 Å². The zero-order valence-corrected chi connectivity index (χ0v) is 10.0. The first-order valence-electron chi connectivity index (χ1n) is 6.22. The number of carboxylic acid groups (broad SMARTS) is 1. The molecule has 4 unspecified atom stereocenters. The van der Waals surface area contributed by atoms with Gasteiger partial charge in [0, 0.05) is 18.9 Å². The van der Waals surface area contributed by atoms with Gasteiger partial charge in [-0.1, -0.05) is 13.3 Å². The van der Waals surface area contributed by atoms with Gasteiger partial charge in [-0.3, -0.25) is 4.79 Å². The molecule has 0 radical (unpaired) electrons. The van der Waals surface area contributed by atoms with E-state index in [-0.39, 0.29) is 24.8 Å². The van der Waals surface area contributed by atoms with Crippen molar-refractivity contribution >= 4 is 11.9 Å². The first-order valence-corrected chi connectivity index (χ1v) is 6.22. The van der Waals surface area contributed by atoms with E-state index in [1.807, 2.05) is 6.92 Å². The van der Waals surface area contributed by atoms with Gasteiger partial charge in [0.1, 0.15) is 6.04 Å². The second-order valence-electron chi connectivity index (χ2n) is 5.25. The quantitative estimate of drug-likeness (QED) is 0.736. The molecule has 2 fully saturated rings. The van der Waals surface area contributed by atoms with Crippen LogP contribution in [0.1, 0.15) is 32.6 Å². The summed E-state index contributed by atoms with van der Waals surface area (Å²) in [7, 11) is 0. The minimum atomic E-state index is -1.01. The number of hydrogen-bond acceptors (Lipinski definition) is 3. The number of carboxylic acids is 1. The average molecular weight is 241 g/mol. The molecule has 0 aromatic carbocycles. The lowest BCUT2D eigenvalue weighted by atomic mass is 9.96. The number of aliphatic hydroxyl groups is 1. The van der Waals surface area contributed by atoms with Gasteiger partial charge in [-0.05, 0) is 18.8 Å². The fourth-order valence-electron chi connectivity index (χ4n) is 3.02. The smallest absolute Gasteiger partial charge is 0.326 e. The van der Waals surface area contributed by atoms with E-state index in [4.69, 9.17) is 5.11 Å². The topological polar surface area (TPSA) is 77.8 Å². The molecule has 5 nitrogen and oxygen atoms in total. The van der Waals surface area contributed by atoms with Crippen LogP contribution in [0.3, 0.4) is 0 Å². The van der Waals surface area contributed by atoms with Gasteiger partial charge in [-0.15, -0.1) is 0 Å². The Bertz CT molecular complexity index is 330. The van der Waals surface area contributed by atoms with Crippen LogP contribution in [-0.2, 0) is 9.59 Å². The van der Waals surface area contributed by atoms with Crippen molar-refractivity contribution in [1.29, 1.82) is 0 Å². The Morgan fingerprint density at radius 2 is 2.00 bits per heavy atom. The van der Waals surface area contributed by atoms with E-state index in [0.717, 1.165) is 19.3 Å². The summed E-state index contributed by atoms with van der Waals surface area (Å²) >= 11 is 0. The molecule has 0 aromatic rings. The maximum Gasteiger partial charge on any atom is 0.326 e. The van der Waals surface area contributed by atoms with E-state index in [0.29, 0.717) is 5.92 Å². The van der Waals surface area contributed by atoms with E-state index in [1.54, 1.807) is 0 Å². The van der Waals surface area contributed by atoms with Crippen LogP contribution in [0, 0.1) is 11.8 Å². The summed E-state index contributed by atoms with van der Waals surface area (Å²) in [4.78, 5) is 24.7. The third-order valence-electron chi connectivity index (χ3n) is 4.03. The van der Waals surface area contributed by atoms with Gasteiger partial charge in [0.2, 0.25) is 5.91 Å². The summed E-state index contributed by atoms with van der Waals surface area (Å²) in [6.45, 7) is 2.21. The van der Waals surface area contributed by atoms with Crippen LogP contribution in [0.25, 0.3) is 0 Å². The van der Waals surface area contributed by atoms with Crippen LogP contribution in [0.2, 0.25) is 0 Å². The molecule has 2 aliphatic rings. The van der Waals surface area contributed by atoms with Crippen molar-refractivity contribution in [1.82, 2.24) is 4.90 Å². The summed E-state index contributed by atoms with van der Waals surface area (Å²) in [6, 6.07) is -0.842. The highest BCUT2D eigenvalue weighted by molar-refractivity contribution is 5.86. The highest BCUT2D eigenvalue weighted by Crippen LogP contribution is 2.34. The van der Waals surface area contributed by atoms with Crippen LogP contribution < -0.4 is 0 Å². The summed E-state index contributed by atoms with van der Waals surface area (Å²) in [6.07, 6.45) is 2.37. The van der Waals surface area contributed by atoms with Gasteiger partial charge in [-0.25, -0.2) is 4.79 Å². The number of carbonyl (C=O) groups is 2. The standard InChI is InChI=1S/C12H19NO4/c1-7-3-2-4-9(7)11(15)13-6-8(14)5-10(13)12(16)17/h7-10,14H,2-6H2,1H3,(H,16,17). The maximum atomic E-state index is 12.3. The number of aliphatic hydroxyl groups excluding tert-OH is 1. The Kier molecular flexibility index (Phi) is 3.38. The molecule has 0 aromatic heterocycles. The highest BCUT2D eigenvalue weighted by Gasteiger charge is 2.43. The summed E-state index contributed by atoms with van der Waals surface area (Å²) in [5, 5.41) is 18.6. The second-order valence-corrected chi connectivity index (χ2v) is 5.25. The molecule has 4 atom stereocenters.